The van der Waals surface area contributed by atoms with E-state index in [0.717, 1.165) is 16.7 Å². The number of hydrogen-bond donors (Lipinski definition) is 1. The number of ether oxygens (including phenoxy) is 2. The first-order valence-corrected chi connectivity index (χ1v) is 13.6. The normalized spacial score (nSPS) is 16.2. The molecule has 40 heavy (non-hydrogen) atoms. The number of amidine groups is 1. The summed E-state index contributed by atoms with van der Waals surface area (Å²) in [5, 5.41) is 5.44. The number of fused-ring (bicyclic) bond motifs is 1. The Kier molecular flexibility index (Phi) is 8.31. The molecule has 0 saturated heterocycles. The summed E-state index contributed by atoms with van der Waals surface area (Å²) in [5.41, 5.74) is 4.29. The number of esters is 1. The van der Waals surface area contributed by atoms with Crippen molar-refractivity contribution >= 4 is 28.8 Å². The summed E-state index contributed by atoms with van der Waals surface area (Å²) >= 11 is 1.40. The maximum absolute atomic E-state index is 13.2. The van der Waals surface area contributed by atoms with Crippen LogP contribution in [0.3, 0.4) is 0 Å². The Labute approximate surface area is 236 Å². The summed E-state index contributed by atoms with van der Waals surface area (Å²) in [6, 6.07) is 22.9. The van der Waals surface area contributed by atoms with Gasteiger partial charge in [0.15, 0.2) is 5.17 Å². The molecule has 0 spiro atoms. The number of halogens is 1. The minimum atomic E-state index is -0.564. The highest BCUT2D eigenvalue weighted by atomic mass is 32.2. The smallest absolute Gasteiger partial charge is 0.338 e. The molecule has 204 valence electrons. The van der Waals surface area contributed by atoms with E-state index in [1.165, 1.54) is 31.0 Å². The average molecular weight is 558 g/mol. The first kappa shape index (κ1) is 27.2. The fraction of sp³-hybridized carbons (Fsp3) is 0.194. The zero-order valence-electron chi connectivity index (χ0n) is 22.1. The van der Waals surface area contributed by atoms with Crippen LogP contribution >= 0.6 is 11.8 Å². The van der Waals surface area contributed by atoms with Crippen LogP contribution in [0.4, 0.5) is 4.39 Å². The lowest BCUT2D eigenvalue weighted by molar-refractivity contribution is -0.136. The number of aliphatic imine (C=N–C) groups is 1. The lowest BCUT2D eigenvalue weighted by Gasteiger charge is -2.36. The molecule has 0 fully saturated rings. The Morgan fingerprint density at radius 1 is 1.02 bits per heavy atom. The fourth-order valence-corrected chi connectivity index (χ4v) is 5.57. The SMILES string of the molecule is COC(=O)C1=C(C)N=C2SC=C(CC(=O)NCc3ccc(F)cc3)N2C1c1cccc(OCc2ccccc2)c1. The number of methoxy groups -OCH3 is 1. The van der Waals surface area contributed by atoms with E-state index in [1.807, 2.05) is 64.9 Å². The summed E-state index contributed by atoms with van der Waals surface area (Å²) < 4.78 is 24.4. The van der Waals surface area contributed by atoms with Crippen LogP contribution in [0.5, 0.6) is 5.75 Å². The Morgan fingerprint density at radius 3 is 2.55 bits per heavy atom. The van der Waals surface area contributed by atoms with E-state index in [9.17, 15) is 14.0 Å². The quantitative estimate of drug-likeness (QED) is 0.332. The molecular weight excluding hydrogens is 529 g/mol. The van der Waals surface area contributed by atoms with E-state index in [4.69, 9.17) is 9.47 Å². The van der Waals surface area contributed by atoms with Crippen LogP contribution in [0.15, 0.2) is 106 Å². The topological polar surface area (TPSA) is 80.2 Å². The molecule has 2 aliphatic heterocycles. The van der Waals surface area contributed by atoms with Gasteiger partial charge in [-0.1, -0.05) is 66.4 Å². The maximum Gasteiger partial charge on any atom is 0.338 e. The van der Waals surface area contributed by atoms with E-state index in [-0.39, 0.29) is 24.7 Å². The van der Waals surface area contributed by atoms with Gasteiger partial charge in [-0.25, -0.2) is 14.2 Å². The van der Waals surface area contributed by atoms with Gasteiger partial charge >= 0.3 is 5.97 Å². The third kappa shape index (κ3) is 6.10. The number of carbonyl (C=O) groups excluding carboxylic acids is 2. The molecule has 3 aromatic carbocycles. The average Bonchev–Trinajstić information content (AvgIpc) is 3.36. The molecule has 0 aromatic heterocycles. The third-order valence-corrected chi connectivity index (χ3v) is 7.46. The number of thioether (sulfide) groups is 1. The van der Waals surface area contributed by atoms with Crippen molar-refractivity contribution < 1.29 is 23.5 Å². The van der Waals surface area contributed by atoms with Crippen LogP contribution in [-0.2, 0) is 27.5 Å². The zero-order chi connectivity index (χ0) is 28.1. The van der Waals surface area contributed by atoms with Crippen LogP contribution < -0.4 is 10.1 Å². The van der Waals surface area contributed by atoms with Crippen molar-refractivity contribution in [2.75, 3.05) is 7.11 Å². The molecule has 0 saturated carbocycles. The van der Waals surface area contributed by atoms with E-state index in [1.54, 1.807) is 19.1 Å². The van der Waals surface area contributed by atoms with Gasteiger partial charge in [-0.05, 0) is 53.3 Å². The van der Waals surface area contributed by atoms with Crippen molar-refractivity contribution in [3.63, 3.8) is 0 Å². The van der Waals surface area contributed by atoms with Gasteiger partial charge in [-0.3, -0.25) is 4.79 Å². The molecular formula is C31H28FN3O4S. The van der Waals surface area contributed by atoms with Gasteiger partial charge in [0, 0.05) is 12.2 Å². The van der Waals surface area contributed by atoms with Crippen molar-refractivity contribution in [3.8, 4) is 5.75 Å². The molecule has 0 aliphatic carbocycles. The van der Waals surface area contributed by atoms with Crippen LogP contribution in [-0.4, -0.2) is 29.1 Å². The van der Waals surface area contributed by atoms with Crippen LogP contribution in [0, 0.1) is 5.82 Å². The van der Waals surface area contributed by atoms with Gasteiger partial charge in [-0.2, -0.15) is 0 Å². The van der Waals surface area contributed by atoms with E-state index >= 15 is 0 Å². The number of nitrogens with one attached hydrogen (secondary N) is 1. The molecule has 7 nitrogen and oxygen atoms in total. The number of nitrogens with zero attached hydrogens (tertiary/aromatic N) is 2. The number of amides is 1. The lowest BCUT2D eigenvalue weighted by atomic mass is 9.93. The predicted molar refractivity (Wildman–Crippen MR) is 152 cm³/mol. The number of allylic oxidation sites excluding steroid dienone is 1. The van der Waals surface area contributed by atoms with Crippen LogP contribution in [0.2, 0.25) is 0 Å². The zero-order valence-corrected chi connectivity index (χ0v) is 22.9. The summed E-state index contributed by atoms with van der Waals surface area (Å²) in [7, 11) is 1.34. The Bertz CT molecular complexity index is 1500. The molecule has 1 atom stereocenters. The van der Waals surface area contributed by atoms with Crippen LogP contribution in [0.25, 0.3) is 0 Å². The van der Waals surface area contributed by atoms with Crippen molar-refractivity contribution in [3.05, 3.63) is 124 Å². The molecule has 1 amide bonds. The second-order valence-corrected chi connectivity index (χ2v) is 10.1. The lowest BCUT2D eigenvalue weighted by Crippen LogP contribution is -2.37. The highest BCUT2D eigenvalue weighted by Gasteiger charge is 2.41. The fourth-order valence-electron chi connectivity index (χ4n) is 4.60. The number of hydrogen-bond acceptors (Lipinski definition) is 7. The Morgan fingerprint density at radius 2 is 1.80 bits per heavy atom. The monoisotopic (exact) mass is 557 g/mol. The molecule has 0 bridgehead atoms. The molecule has 3 aromatic rings. The molecule has 1 N–H and O–H groups in total. The second kappa shape index (κ2) is 12.2. The summed E-state index contributed by atoms with van der Waals surface area (Å²) in [5.74, 6) is -0.368. The Hall–Kier alpha value is -4.37. The van der Waals surface area contributed by atoms with Crippen LogP contribution in [0.1, 0.15) is 36.1 Å². The third-order valence-electron chi connectivity index (χ3n) is 6.57. The van der Waals surface area contributed by atoms with Gasteiger partial charge in [0.2, 0.25) is 5.91 Å². The summed E-state index contributed by atoms with van der Waals surface area (Å²) in [4.78, 5) is 32.5. The first-order valence-electron chi connectivity index (χ1n) is 12.7. The molecule has 2 heterocycles. The largest absolute Gasteiger partial charge is 0.489 e. The predicted octanol–water partition coefficient (Wildman–Crippen LogP) is 5.86. The van der Waals surface area contributed by atoms with E-state index in [2.05, 4.69) is 10.3 Å². The summed E-state index contributed by atoms with van der Waals surface area (Å²) in [6.07, 6.45) is 0.0708. The minimum Gasteiger partial charge on any atom is -0.489 e. The minimum absolute atomic E-state index is 0.0708. The van der Waals surface area contributed by atoms with Crippen molar-refractivity contribution in [2.24, 2.45) is 4.99 Å². The molecule has 9 heteroatoms. The van der Waals surface area contributed by atoms with Crippen molar-refractivity contribution in [2.45, 2.75) is 32.5 Å². The van der Waals surface area contributed by atoms with E-state index in [0.29, 0.717) is 34.5 Å². The standard InChI is InChI=1S/C31H28FN3O4S/c1-20-28(30(37)38-2)29(23-9-6-10-26(15-23)39-18-22-7-4-3-5-8-22)35-25(19-40-31(35)34-20)16-27(36)33-17-21-11-13-24(32)14-12-21/h3-15,19,29H,16-18H2,1-2H3,(H,33,36). The molecule has 2 aliphatic rings. The van der Waals surface area contributed by atoms with Gasteiger partial charge in [0.05, 0.1) is 30.8 Å². The molecule has 0 radical (unpaired) electrons. The Balaban J connectivity index is 1.39. The van der Waals surface area contributed by atoms with Gasteiger partial charge in [-0.15, -0.1) is 0 Å². The van der Waals surface area contributed by atoms with Crippen molar-refractivity contribution in [1.29, 1.82) is 0 Å². The van der Waals surface area contributed by atoms with Gasteiger partial charge in [0.25, 0.3) is 0 Å². The number of rotatable bonds is 9. The highest BCUT2D eigenvalue weighted by Crippen LogP contribution is 2.45. The van der Waals surface area contributed by atoms with E-state index < -0.39 is 12.0 Å². The van der Waals surface area contributed by atoms with Crippen molar-refractivity contribution in [1.82, 2.24) is 10.2 Å². The maximum atomic E-state index is 13.2. The highest BCUT2D eigenvalue weighted by molar-refractivity contribution is 8.16. The molecule has 1 unspecified atom stereocenters. The van der Waals surface area contributed by atoms with Gasteiger partial charge < -0.3 is 19.7 Å². The van der Waals surface area contributed by atoms with Gasteiger partial charge in [0.1, 0.15) is 18.2 Å². The molecule has 5 rings (SSSR count). The number of carbonyl (C=O) groups is 2. The summed E-state index contributed by atoms with van der Waals surface area (Å²) in [6.45, 7) is 2.46. The second-order valence-electron chi connectivity index (χ2n) is 9.31. The first-order chi connectivity index (χ1) is 19.4. The number of benzene rings is 3.